The summed E-state index contributed by atoms with van der Waals surface area (Å²) in [7, 11) is 0. The Labute approximate surface area is 185 Å². The number of ether oxygens (including phenoxy) is 1. The maximum absolute atomic E-state index is 13.8. The van der Waals surface area contributed by atoms with Gasteiger partial charge in [0.2, 0.25) is 0 Å². The van der Waals surface area contributed by atoms with Gasteiger partial charge in [-0.05, 0) is 17.5 Å². The number of alkyl halides is 3. The predicted octanol–water partition coefficient (Wildman–Crippen LogP) is 3.40. The molecule has 6 nitrogen and oxygen atoms in total. The highest BCUT2D eigenvalue weighted by molar-refractivity contribution is 7.08. The summed E-state index contributed by atoms with van der Waals surface area (Å²) in [6.07, 6.45) is -4.89. The fourth-order valence-electron chi connectivity index (χ4n) is 3.81. The molecule has 1 aromatic heterocycles. The van der Waals surface area contributed by atoms with Crippen molar-refractivity contribution >= 4 is 23.2 Å². The molecule has 0 radical (unpaired) electrons. The van der Waals surface area contributed by atoms with E-state index in [0.717, 1.165) is 18.7 Å². The minimum Gasteiger partial charge on any atom is -0.475 e. The normalized spacial score (nSPS) is 22.7. The minimum absolute atomic E-state index is 0.0223. The van der Waals surface area contributed by atoms with Crippen LogP contribution in [0, 0.1) is 17.7 Å². The number of amides is 1. The number of fused-ring (bicyclic) bond motifs is 1. The average molecular weight is 474 g/mol. The Morgan fingerprint density at radius 3 is 2.56 bits per heavy atom. The Hall–Kier alpha value is -2.50. The Morgan fingerprint density at radius 2 is 1.94 bits per heavy atom. The van der Waals surface area contributed by atoms with Gasteiger partial charge >= 0.3 is 12.1 Å². The zero-order chi connectivity index (χ0) is 23.3. The summed E-state index contributed by atoms with van der Waals surface area (Å²) in [6.45, 7) is 3.64. The molecular weight excluding hydrogens is 452 g/mol. The van der Waals surface area contributed by atoms with E-state index < -0.39 is 12.1 Å². The number of carbonyl (C=O) groups excluding carboxylic acids is 1. The topological polar surface area (TPSA) is 78.9 Å². The molecule has 0 spiro atoms. The van der Waals surface area contributed by atoms with Gasteiger partial charge in [-0.3, -0.25) is 9.69 Å². The van der Waals surface area contributed by atoms with E-state index in [1.165, 1.54) is 17.4 Å². The highest BCUT2D eigenvalue weighted by Crippen LogP contribution is 2.34. The lowest BCUT2D eigenvalue weighted by Crippen LogP contribution is -2.34. The van der Waals surface area contributed by atoms with E-state index in [-0.39, 0.29) is 17.8 Å². The molecule has 0 bridgehead atoms. The van der Waals surface area contributed by atoms with E-state index in [1.807, 2.05) is 29.0 Å². The number of hydrogen-bond donors (Lipinski definition) is 2. The molecular formula is C21H22F4N2O4S. The van der Waals surface area contributed by atoms with Crippen molar-refractivity contribution in [1.82, 2.24) is 10.2 Å². The van der Waals surface area contributed by atoms with Crippen molar-refractivity contribution in [3.05, 3.63) is 58.0 Å². The van der Waals surface area contributed by atoms with Crippen LogP contribution >= 0.6 is 11.3 Å². The molecule has 3 heterocycles. The molecule has 0 unspecified atom stereocenters. The number of aliphatic carboxylic acids is 1. The summed E-state index contributed by atoms with van der Waals surface area (Å²) >= 11 is 1.52. The quantitative estimate of drug-likeness (QED) is 0.650. The van der Waals surface area contributed by atoms with Gasteiger partial charge in [0.25, 0.3) is 5.91 Å². The van der Waals surface area contributed by atoms with Crippen molar-refractivity contribution in [1.29, 1.82) is 0 Å². The Balaban J connectivity index is 0.000000360. The standard InChI is InChI=1S/C19H21FN2O2S.C2HF3O2/c20-17-4-2-1-3-13(17)8-22-9-16-15(11-24-18(16)10-22)7-21-19(23)14-5-6-25-12-14;3-2(4,5)1(6)7/h1-6,12,15-16,18H,7-11H2,(H,21,23);(H,6,7)/t15-,16-,18-;/m1./s1. The van der Waals surface area contributed by atoms with Crippen molar-refractivity contribution in [2.75, 3.05) is 26.2 Å². The molecule has 1 aromatic carbocycles. The molecule has 2 saturated heterocycles. The van der Waals surface area contributed by atoms with Gasteiger partial charge in [0, 0.05) is 54.5 Å². The Bertz CT molecular complexity index is 923. The summed E-state index contributed by atoms with van der Waals surface area (Å²) in [4.78, 5) is 23.2. The Morgan fingerprint density at radius 1 is 1.22 bits per heavy atom. The molecule has 174 valence electrons. The SMILES string of the molecule is O=C(NC[C@@H]1CO[C@@H]2CN(Cc3ccccc3F)C[C@H]12)c1ccsc1.O=C(O)C(F)(F)F. The van der Waals surface area contributed by atoms with Crippen LogP contribution in [-0.4, -0.2) is 60.4 Å². The number of thiophene rings is 1. The van der Waals surface area contributed by atoms with Gasteiger partial charge in [0.15, 0.2) is 0 Å². The molecule has 0 saturated carbocycles. The first-order chi connectivity index (χ1) is 15.1. The van der Waals surface area contributed by atoms with Crippen LogP contribution in [0.25, 0.3) is 0 Å². The number of carbonyl (C=O) groups is 2. The Kier molecular flexibility index (Phi) is 7.86. The number of hydrogen-bond acceptors (Lipinski definition) is 5. The van der Waals surface area contributed by atoms with E-state index in [0.29, 0.717) is 37.1 Å². The maximum atomic E-state index is 13.8. The predicted molar refractivity (Wildman–Crippen MR) is 109 cm³/mol. The van der Waals surface area contributed by atoms with Crippen LogP contribution in [0.5, 0.6) is 0 Å². The number of carboxylic acid groups (broad SMARTS) is 1. The lowest BCUT2D eigenvalue weighted by Gasteiger charge is -2.20. The third kappa shape index (κ3) is 6.27. The van der Waals surface area contributed by atoms with Crippen molar-refractivity contribution in [3.63, 3.8) is 0 Å². The summed E-state index contributed by atoms with van der Waals surface area (Å²) in [6, 6.07) is 8.76. The van der Waals surface area contributed by atoms with Crippen LogP contribution in [-0.2, 0) is 16.1 Å². The van der Waals surface area contributed by atoms with Crippen LogP contribution in [0.15, 0.2) is 41.1 Å². The number of rotatable bonds is 5. The van der Waals surface area contributed by atoms with Gasteiger partial charge in [-0.15, -0.1) is 0 Å². The lowest BCUT2D eigenvalue weighted by molar-refractivity contribution is -0.192. The van der Waals surface area contributed by atoms with Gasteiger partial charge in [0.05, 0.1) is 12.7 Å². The van der Waals surface area contributed by atoms with Crippen LogP contribution < -0.4 is 5.32 Å². The van der Waals surface area contributed by atoms with Crippen LogP contribution in [0.4, 0.5) is 17.6 Å². The van der Waals surface area contributed by atoms with Gasteiger partial charge in [-0.25, -0.2) is 9.18 Å². The number of nitrogens with one attached hydrogen (secondary N) is 1. The molecule has 11 heteroatoms. The van der Waals surface area contributed by atoms with E-state index in [4.69, 9.17) is 14.6 Å². The number of benzene rings is 1. The summed E-state index contributed by atoms with van der Waals surface area (Å²) in [5.41, 5.74) is 1.44. The molecule has 0 aliphatic carbocycles. The third-order valence-electron chi connectivity index (χ3n) is 5.42. The van der Waals surface area contributed by atoms with Gasteiger partial charge < -0.3 is 15.2 Å². The second kappa shape index (κ2) is 10.4. The fourth-order valence-corrected chi connectivity index (χ4v) is 4.44. The largest absolute Gasteiger partial charge is 0.490 e. The number of carboxylic acids is 1. The summed E-state index contributed by atoms with van der Waals surface area (Å²) in [5, 5.41) is 13.9. The number of likely N-dealkylation sites (tertiary alicyclic amines) is 1. The second-order valence-corrected chi connectivity index (χ2v) is 8.39. The maximum Gasteiger partial charge on any atom is 0.490 e. The molecule has 2 fully saturated rings. The monoisotopic (exact) mass is 474 g/mol. The zero-order valence-electron chi connectivity index (χ0n) is 16.8. The van der Waals surface area contributed by atoms with Crippen LogP contribution in [0.3, 0.4) is 0 Å². The smallest absolute Gasteiger partial charge is 0.475 e. The lowest BCUT2D eigenvalue weighted by atomic mass is 9.93. The van der Waals surface area contributed by atoms with Crippen molar-refractivity contribution in [3.8, 4) is 0 Å². The minimum atomic E-state index is -5.08. The molecule has 2 aliphatic rings. The van der Waals surface area contributed by atoms with Gasteiger partial charge in [-0.2, -0.15) is 24.5 Å². The van der Waals surface area contributed by atoms with E-state index in [1.54, 1.807) is 6.07 Å². The number of nitrogens with zero attached hydrogens (tertiary/aromatic N) is 1. The molecule has 32 heavy (non-hydrogen) atoms. The summed E-state index contributed by atoms with van der Waals surface area (Å²) < 4.78 is 51.5. The molecule has 2 aliphatic heterocycles. The first-order valence-corrected chi connectivity index (χ1v) is 10.8. The summed E-state index contributed by atoms with van der Waals surface area (Å²) in [5.74, 6) is -2.22. The van der Waals surface area contributed by atoms with Crippen LogP contribution in [0.1, 0.15) is 15.9 Å². The number of halogens is 4. The second-order valence-electron chi connectivity index (χ2n) is 7.61. The van der Waals surface area contributed by atoms with E-state index in [9.17, 15) is 22.4 Å². The first kappa shape index (κ1) is 24.1. The molecule has 2 aromatic rings. The van der Waals surface area contributed by atoms with Gasteiger partial charge in [0.1, 0.15) is 5.82 Å². The molecule has 1 amide bonds. The zero-order valence-corrected chi connectivity index (χ0v) is 17.7. The molecule has 4 rings (SSSR count). The van der Waals surface area contributed by atoms with E-state index >= 15 is 0 Å². The molecule has 2 N–H and O–H groups in total. The van der Waals surface area contributed by atoms with Crippen LogP contribution in [0.2, 0.25) is 0 Å². The first-order valence-electron chi connectivity index (χ1n) is 9.83. The van der Waals surface area contributed by atoms with Gasteiger partial charge in [-0.1, -0.05) is 18.2 Å². The highest BCUT2D eigenvalue weighted by Gasteiger charge is 2.43. The highest BCUT2D eigenvalue weighted by atomic mass is 32.1. The third-order valence-corrected chi connectivity index (χ3v) is 6.10. The van der Waals surface area contributed by atoms with E-state index in [2.05, 4.69) is 10.2 Å². The molecule has 3 atom stereocenters. The van der Waals surface area contributed by atoms with Crippen molar-refractivity contribution in [2.24, 2.45) is 11.8 Å². The van der Waals surface area contributed by atoms with Crippen molar-refractivity contribution in [2.45, 2.75) is 18.8 Å². The fraction of sp³-hybridized carbons (Fsp3) is 0.429. The average Bonchev–Trinajstić information content (AvgIpc) is 3.46. The van der Waals surface area contributed by atoms with Crippen molar-refractivity contribution < 1.29 is 37.0 Å².